The third-order valence-electron chi connectivity index (χ3n) is 6.95. The Morgan fingerprint density at radius 3 is 1.43 bits per heavy atom. The van der Waals surface area contributed by atoms with Gasteiger partial charge in [-0.1, -0.05) is 55.5 Å². The molecule has 0 N–H and O–H groups in total. The van der Waals surface area contributed by atoms with Crippen molar-refractivity contribution in [2.75, 3.05) is 0 Å². The first-order chi connectivity index (χ1) is 20.4. The molecule has 0 radical (unpaired) electrons. The lowest BCUT2D eigenvalue weighted by atomic mass is 9.86. The van der Waals surface area contributed by atoms with E-state index in [-0.39, 0.29) is 29.1 Å². The fourth-order valence-corrected chi connectivity index (χ4v) is 4.70. The lowest BCUT2D eigenvalue weighted by Gasteiger charge is -2.13. The van der Waals surface area contributed by atoms with Crippen molar-refractivity contribution >= 4 is 23.1 Å². The number of hydrogen-bond donors (Lipinski definition) is 0. The van der Waals surface area contributed by atoms with E-state index in [0.717, 1.165) is 0 Å². The second-order valence-corrected chi connectivity index (χ2v) is 9.65. The predicted octanol–water partition coefficient (Wildman–Crippen LogP) is 6.01. The van der Waals surface area contributed by atoms with Gasteiger partial charge in [0.25, 0.3) is 0 Å². The molecule has 0 saturated carbocycles. The summed E-state index contributed by atoms with van der Waals surface area (Å²) >= 11 is 0. The van der Waals surface area contributed by atoms with Gasteiger partial charge in [0.2, 0.25) is 0 Å². The van der Waals surface area contributed by atoms with E-state index in [9.17, 15) is 19.2 Å². The molecular formula is C34H22O8. The quantitative estimate of drug-likeness (QED) is 0.107. The molecular weight excluding hydrogens is 536 g/mol. The van der Waals surface area contributed by atoms with E-state index in [4.69, 9.17) is 19.6 Å². The van der Waals surface area contributed by atoms with Crippen LogP contribution in [0.2, 0.25) is 0 Å². The van der Waals surface area contributed by atoms with E-state index in [2.05, 4.69) is 11.8 Å². The van der Waals surface area contributed by atoms with Crippen molar-refractivity contribution < 1.29 is 38.7 Å². The minimum Gasteiger partial charge on any atom is -0.293 e. The van der Waals surface area contributed by atoms with E-state index in [1.807, 2.05) is 6.92 Å². The second kappa shape index (κ2) is 11.1. The summed E-state index contributed by atoms with van der Waals surface area (Å²) in [6.45, 7) is 1.88. The average Bonchev–Trinajstić information content (AvgIpc) is 3.60. The average molecular weight is 559 g/mol. The van der Waals surface area contributed by atoms with Crippen LogP contribution in [0.3, 0.4) is 0 Å². The number of ketones is 4. The molecule has 0 atom stereocenters. The Morgan fingerprint density at radius 2 is 1.00 bits per heavy atom. The number of Topliss-reactive ketones (excluding diaryl/α,β-unsaturated/α-hetero) is 2. The highest BCUT2D eigenvalue weighted by Crippen LogP contribution is 2.33. The molecule has 2 heterocycles. The van der Waals surface area contributed by atoms with Crippen LogP contribution >= 0.6 is 0 Å². The van der Waals surface area contributed by atoms with Crippen molar-refractivity contribution in [2.45, 2.75) is 19.8 Å². The van der Waals surface area contributed by atoms with Crippen molar-refractivity contribution in [3.63, 3.8) is 0 Å². The molecule has 42 heavy (non-hydrogen) atoms. The standard InChI is InChI=1S/C34H22O8/c1-2-3-4-5-28(33(37)22-10-6-20(7-11-22)31(35)26-16-14-24-18-29(26)41-39-24)34(38)23-12-8-21(9-13-23)32(36)27-17-15-25-19-30(27)42-40-25/h6-19,28H,2,5H2,1H3. The van der Waals surface area contributed by atoms with Crippen LogP contribution in [0.5, 0.6) is 23.0 Å². The Balaban J connectivity index is 1.21. The van der Waals surface area contributed by atoms with Crippen molar-refractivity contribution in [1.82, 2.24) is 0 Å². The van der Waals surface area contributed by atoms with Gasteiger partial charge in [0.1, 0.15) is 0 Å². The van der Waals surface area contributed by atoms with Gasteiger partial charge in [-0.25, -0.2) is 0 Å². The van der Waals surface area contributed by atoms with Crippen LogP contribution in [-0.2, 0) is 0 Å². The number of benzene rings is 4. The number of hydrogen-bond acceptors (Lipinski definition) is 8. The van der Waals surface area contributed by atoms with Crippen LogP contribution < -0.4 is 19.6 Å². The van der Waals surface area contributed by atoms with E-state index in [1.165, 1.54) is 48.5 Å². The molecule has 0 aliphatic carbocycles. The molecule has 0 aromatic heterocycles. The van der Waals surface area contributed by atoms with Crippen molar-refractivity contribution in [3.8, 4) is 34.8 Å². The monoisotopic (exact) mass is 558 g/mol. The molecule has 2 aliphatic rings. The van der Waals surface area contributed by atoms with Gasteiger partial charge in [0, 0.05) is 47.2 Å². The maximum atomic E-state index is 13.6. The second-order valence-electron chi connectivity index (χ2n) is 9.65. The maximum Gasteiger partial charge on any atom is 0.196 e. The van der Waals surface area contributed by atoms with Crippen molar-refractivity contribution in [3.05, 3.63) is 118 Å². The van der Waals surface area contributed by atoms with Crippen molar-refractivity contribution in [1.29, 1.82) is 0 Å². The summed E-state index contributed by atoms with van der Waals surface area (Å²) in [7, 11) is 0. The fourth-order valence-electron chi connectivity index (χ4n) is 4.70. The normalized spacial score (nSPS) is 11.9. The van der Waals surface area contributed by atoms with Crippen LogP contribution in [0, 0.1) is 17.8 Å². The third kappa shape index (κ3) is 5.00. The number of carbonyl (C=O) groups is 4. The summed E-state index contributed by atoms with van der Waals surface area (Å²) in [4.78, 5) is 73.2. The summed E-state index contributed by atoms with van der Waals surface area (Å²) in [6.07, 6.45) is 0.616. The molecule has 0 unspecified atom stereocenters. The zero-order chi connectivity index (χ0) is 29.2. The van der Waals surface area contributed by atoms with Gasteiger partial charge in [-0.15, -0.1) is 11.8 Å². The minimum absolute atomic E-state index is 0.0347. The highest BCUT2D eigenvalue weighted by atomic mass is 17.2. The van der Waals surface area contributed by atoms with Crippen LogP contribution in [0.15, 0.2) is 84.9 Å². The summed E-state index contributed by atoms with van der Waals surface area (Å²) in [5.41, 5.74) is 1.93. The van der Waals surface area contributed by atoms with Crippen LogP contribution in [-0.4, -0.2) is 23.1 Å². The maximum absolute atomic E-state index is 13.6. The zero-order valence-corrected chi connectivity index (χ0v) is 22.3. The molecule has 4 aromatic carbocycles. The Hall–Kier alpha value is -5.68. The van der Waals surface area contributed by atoms with E-state index >= 15 is 0 Å². The van der Waals surface area contributed by atoms with Gasteiger partial charge in [0.15, 0.2) is 46.1 Å². The first kappa shape index (κ1) is 26.5. The Labute approximate surface area is 240 Å². The van der Waals surface area contributed by atoms with E-state index < -0.39 is 17.5 Å². The van der Waals surface area contributed by atoms with E-state index in [0.29, 0.717) is 51.7 Å². The molecule has 0 saturated heterocycles. The van der Waals surface area contributed by atoms with Crippen LogP contribution in [0.4, 0.5) is 0 Å². The number of rotatable bonds is 9. The molecule has 2 aliphatic heterocycles. The summed E-state index contributed by atoms with van der Waals surface area (Å²) in [6, 6.07) is 22.0. The topological polar surface area (TPSA) is 105 Å². The van der Waals surface area contributed by atoms with Crippen LogP contribution in [0.25, 0.3) is 0 Å². The zero-order valence-electron chi connectivity index (χ0n) is 22.3. The molecule has 0 fully saturated rings. The third-order valence-corrected chi connectivity index (χ3v) is 6.95. The first-order valence-corrected chi connectivity index (χ1v) is 13.2. The Morgan fingerprint density at radius 1 is 0.571 bits per heavy atom. The first-order valence-electron chi connectivity index (χ1n) is 13.2. The highest BCUT2D eigenvalue weighted by molar-refractivity contribution is 6.17. The lowest BCUT2D eigenvalue weighted by molar-refractivity contribution is -0.0849. The molecule has 0 spiro atoms. The van der Waals surface area contributed by atoms with Crippen molar-refractivity contribution in [2.24, 2.45) is 5.92 Å². The highest BCUT2D eigenvalue weighted by Gasteiger charge is 2.29. The minimum atomic E-state index is -1.07. The summed E-state index contributed by atoms with van der Waals surface area (Å²) in [5.74, 6) is 5.04. The fraction of sp³-hybridized carbons (Fsp3) is 0.118. The van der Waals surface area contributed by atoms with E-state index in [1.54, 1.807) is 36.4 Å². The molecule has 8 heteroatoms. The van der Waals surface area contributed by atoms with Gasteiger partial charge in [0.05, 0.1) is 17.0 Å². The summed E-state index contributed by atoms with van der Waals surface area (Å²) < 4.78 is 0. The van der Waals surface area contributed by atoms with Crippen LogP contribution in [0.1, 0.15) is 72.3 Å². The molecule has 6 rings (SSSR count). The van der Waals surface area contributed by atoms with Gasteiger partial charge in [-0.3, -0.25) is 38.7 Å². The Kier molecular flexibility index (Phi) is 6.99. The van der Waals surface area contributed by atoms with Gasteiger partial charge >= 0.3 is 0 Å². The van der Waals surface area contributed by atoms with Gasteiger partial charge < -0.3 is 0 Å². The molecule has 8 nitrogen and oxygen atoms in total. The SMILES string of the molecule is CCC#CCC(C(=O)c1ccc(C(=O)c2ccc3cc2OO3)cc1)C(=O)c1ccc(C(=O)c2ccc3cc2OO3)cc1. The largest absolute Gasteiger partial charge is 0.293 e. The smallest absolute Gasteiger partial charge is 0.196 e. The number of fused-ring (bicyclic) bond motifs is 4. The molecule has 0 amide bonds. The summed E-state index contributed by atoms with van der Waals surface area (Å²) in [5, 5.41) is 0. The predicted molar refractivity (Wildman–Crippen MR) is 150 cm³/mol. The molecule has 4 bridgehead atoms. The molecule has 4 aromatic rings. The van der Waals surface area contributed by atoms with Gasteiger partial charge in [-0.2, -0.15) is 0 Å². The van der Waals surface area contributed by atoms with Gasteiger partial charge in [-0.05, 0) is 24.3 Å². The Bertz CT molecular complexity index is 1680. The lowest BCUT2D eigenvalue weighted by Crippen LogP contribution is -2.24. The molecule has 206 valence electrons. The number of carbonyl (C=O) groups excluding carboxylic acids is 4.